The van der Waals surface area contributed by atoms with Gasteiger partial charge in [-0.15, -0.1) is 10.2 Å². The molecule has 0 spiro atoms. The summed E-state index contributed by atoms with van der Waals surface area (Å²) >= 11 is 2.57. The lowest BCUT2D eigenvalue weighted by molar-refractivity contribution is -0.132. The first-order chi connectivity index (χ1) is 19.3. The van der Waals surface area contributed by atoms with Crippen LogP contribution in [-0.2, 0) is 15.3 Å². The number of carbonyl (C=O) groups excluding carboxylic acids is 2. The number of thioether (sulfide) groups is 1. The first kappa shape index (κ1) is 27.5. The van der Waals surface area contributed by atoms with E-state index < -0.39 is 17.7 Å². The molecule has 1 aliphatic heterocycles. The summed E-state index contributed by atoms with van der Waals surface area (Å²) in [6.07, 6.45) is 0. The largest absolute Gasteiger partial charge is 0.507 e. The fourth-order valence-corrected chi connectivity index (χ4v) is 6.30. The van der Waals surface area contributed by atoms with Crippen LogP contribution < -0.4 is 9.64 Å². The zero-order valence-corrected chi connectivity index (χ0v) is 23.7. The van der Waals surface area contributed by atoms with Crippen molar-refractivity contribution in [3.05, 3.63) is 106 Å². The molecule has 1 saturated heterocycles. The Morgan fingerprint density at radius 2 is 1.77 bits per heavy atom. The van der Waals surface area contributed by atoms with Gasteiger partial charge >= 0.3 is 5.91 Å². The molecule has 4 aromatic rings. The topological polar surface area (TPSA) is 92.6 Å². The fraction of sp³-hybridized carbons (Fsp3) is 0.200. The van der Waals surface area contributed by atoms with Crippen molar-refractivity contribution in [1.29, 1.82) is 0 Å². The van der Waals surface area contributed by atoms with Gasteiger partial charge in [0.2, 0.25) is 5.13 Å². The summed E-state index contributed by atoms with van der Waals surface area (Å²) in [5.74, 6) is -0.963. The SMILES string of the molecule is CCOc1ccc(C2C(=C(O)c3cc(C)ccc3C)C(=O)C(=O)N2c2nnc(SCc3ccc(F)cc3)s2)cc1. The van der Waals surface area contributed by atoms with E-state index in [-0.39, 0.29) is 22.3 Å². The highest BCUT2D eigenvalue weighted by Crippen LogP contribution is 2.44. The number of aliphatic hydroxyl groups is 1. The minimum atomic E-state index is -0.918. The Morgan fingerprint density at radius 1 is 1.05 bits per heavy atom. The van der Waals surface area contributed by atoms with Crippen LogP contribution in [-0.4, -0.2) is 33.6 Å². The Morgan fingerprint density at radius 3 is 2.48 bits per heavy atom. The molecule has 5 rings (SSSR count). The highest BCUT2D eigenvalue weighted by molar-refractivity contribution is 8.00. The molecule has 1 fully saturated rings. The number of ether oxygens (including phenoxy) is 1. The maximum absolute atomic E-state index is 13.5. The molecule has 1 aromatic heterocycles. The first-order valence-corrected chi connectivity index (χ1v) is 14.4. The van der Waals surface area contributed by atoms with Gasteiger partial charge in [0.25, 0.3) is 5.78 Å². The Hall–Kier alpha value is -4.02. The van der Waals surface area contributed by atoms with Crippen LogP contribution >= 0.6 is 23.1 Å². The normalized spacial score (nSPS) is 16.5. The minimum Gasteiger partial charge on any atom is -0.507 e. The number of rotatable bonds is 8. The standard InChI is InChI=1S/C30H26FN3O4S2/c1-4-38-22-13-9-20(10-14-22)25-24(26(35)23-15-17(2)5-6-18(23)3)27(36)28(37)34(25)29-32-33-30(40-29)39-16-19-7-11-21(31)12-8-19/h5-15,25,35H,4,16H2,1-3H3. The van der Waals surface area contributed by atoms with Gasteiger partial charge in [-0.3, -0.25) is 14.5 Å². The van der Waals surface area contributed by atoms with Crippen molar-refractivity contribution in [3.8, 4) is 5.75 Å². The first-order valence-electron chi connectivity index (χ1n) is 12.6. The number of nitrogens with zero attached hydrogens (tertiary/aromatic N) is 3. The smallest absolute Gasteiger partial charge is 0.301 e. The van der Waals surface area contributed by atoms with Crippen molar-refractivity contribution < 1.29 is 23.8 Å². The molecule has 3 aromatic carbocycles. The molecular weight excluding hydrogens is 549 g/mol. The Labute approximate surface area is 239 Å². The van der Waals surface area contributed by atoms with Gasteiger partial charge in [-0.2, -0.15) is 0 Å². The second-order valence-corrected chi connectivity index (χ2v) is 11.4. The van der Waals surface area contributed by atoms with E-state index in [1.165, 1.54) is 40.1 Å². The molecule has 1 aliphatic rings. The number of ketones is 1. The van der Waals surface area contributed by atoms with Crippen LogP contribution in [0.3, 0.4) is 0 Å². The highest BCUT2D eigenvalue weighted by Gasteiger charge is 2.48. The van der Waals surface area contributed by atoms with Crippen LogP contribution in [0.2, 0.25) is 0 Å². The number of halogens is 1. The van der Waals surface area contributed by atoms with Gasteiger partial charge in [-0.25, -0.2) is 4.39 Å². The molecule has 0 saturated carbocycles. The molecule has 204 valence electrons. The number of hydrogen-bond donors (Lipinski definition) is 1. The molecule has 1 atom stereocenters. The van der Waals surface area contributed by atoms with Crippen LogP contribution in [0.1, 0.15) is 40.8 Å². The zero-order valence-electron chi connectivity index (χ0n) is 22.1. The molecule has 40 heavy (non-hydrogen) atoms. The van der Waals surface area contributed by atoms with Gasteiger partial charge in [0.05, 0.1) is 18.2 Å². The Kier molecular flexibility index (Phi) is 7.99. The van der Waals surface area contributed by atoms with E-state index in [2.05, 4.69) is 10.2 Å². The van der Waals surface area contributed by atoms with Gasteiger partial charge in [-0.05, 0) is 67.8 Å². The lowest BCUT2D eigenvalue weighted by Gasteiger charge is -2.23. The summed E-state index contributed by atoms with van der Waals surface area (Å²) in [7, 11) is 0. The second-order valence-electron chi connectivity index (χ2n) is 9.26. The van der Waals surface area contributed by atoms with Crippen molar-refractivity contribution in [2.45, 2.75) is 36.9 Å². The summed E-state index contributed by atoms with van der Waals surface area (Å²) in [5, 5.41) is 20.2. The van der Waals surface area contributed by atoms with Crippen molar-refractivity contribution in [2.75, 3.05) is 11.5 Å². The molecule has 1 amide bonds. The van der Waals surface area contributed by atoms with Crippen LogP contribution in [0.25, 0.3) is 5.76 Å². The predicted molar refractivity (Wildman–Crippen MR) is 154 cm³/mol. The van der Waals surface area contributed by atoms with Gasteiger partial charge in [0.15, 0.2) is 4.34 Å². The van der Waals surface area contributed by atoms with Crippen molar-refractivity contribution in [2.24, 2.45) is 0 Å². The number of Topliss-reactive ketones (excluding diaryl/α,β-unsaturated/α-hetero) is 1. The average Bonchev–Trinajstić information content (AvgIpc) is 3.52. The quantitative estimate of drug-likeness (QED) is 0.0831. The van der Waals surface area contributed by atoms with Crippen LogP contribution in [0.15, 0.2) is 76.6 Å². The summed E-state index contributed by atoms with van der Waals surface area (Å²) in [5.41, 5.74) is 3.68. The molecule has 0 aliphatic carbocycles. The van der Waals surface area contributed by atoms with E-state index in [4.69, 9.17) is 4.74 Å². The number of anilines is 1. The Balaban J connectivity index is 1.55. The minimum absolute atomic E-state index is 0.0152. The van der Waals surface area contributed by atoms with E-state index in [0.29, 0.717) is 33.6 Å². The molecule has 0 bridgehead atoms. The molecule has 1 N–H and O–H groups in total. The summed E-state index contributed by atoms with van der Waals surface area (Å²) in [6, 6.07) is 17.9. The average molecular weight is 576 g/mol. The van der Waals surface area contributed by atoms with Crippen LogP contribution in [0.5, 0.6) is 5.75 Å². The van der Waals surface area contributed by atoms with E-state index in [1.807, 2.05) is 32.9 Å². The molecule has 1 unspecified atom stereocenters. The molecule has 7 nitrogen and oxygen atoms in total. The van der Waals surface area contributed by atoms with Gasteiger partial charge < -0.3 is 9.84 Å². The molecular formula is C30H26FN3O4S2. The van der Waals surface area contributed by atoms with Gasteiger partial charge in [-0.1, -0.05) is 65.1 Å². The van der Waals surface area contributed by atoms with Crippen LogP contribution in [0, 0.1) is 19.7 Å². The number of aliphatic hydroxyl groups excluding tert-OH is 1. The number of aryl methyl sites for hydroxylation is 2. The predicted octanol–water partition coefficient (Wildman–Crippen LogP) is 6.61. The zero-order chi connectivity index (χ0) is 28.4. The number of benzene rings is 3. The lowest BCUT2D eigenvalue weighted by atomic mass is 9.93. The maximum atomic E-state index is 13.5. The number of aromatic nitrogens is 2. The second kappa shape index (κ2) is 11.6. The van der Waals surface area contributed by atoms with Crippen LogP contribution in [0.4, 0.5) is 9.52 Å². The third-order valence-electron chi connectivity index (χ3n) is 6.48. The molecule has 0 radical (unpaired) electrons. The monoisotopic (exact) mass is 575 g/mol. The lowest BCUT2D eigenvalue weighted by Crippen LogP contribution is -2.29. The van der Waals surface area contributed by atoms with Gasteiger partial charge in [0.1, 0.15) is 17.3 Å². The van der Waals surface area contributed by atoms with E-state index >= 15 is 0 Å². The van der Waals surface area contributed by atoms with Crippen molar-refractivity contribution >= 4 is 45.7 Å². The van der Waals surface area contributed by atoms with E-state index in [0.717, 1.165) is 16.7 Å². The number of hydrogen-bond acceptors (Lipinski definition) is 8. The summed E-state index contributed by atoms with van der Waals surface area (Å²) < 4.78 is 19.4. The molecule has 2 heterocycles. The number of carbonyl (C=O) groups is 2. The van der Waals surface area contributed by atoms with E-state index in [9.17, 15) is 19.1 Å². The fourth-order valence-electron chi connectivity index (χ4n) is 4.48. The highest BCUT2D eigenvalue weighted by atomic mass is 32.2. The van der Waals surface area contributed by atoms with Gasteiger partial charge in [0, 0.05) is 11.3 Å². The maximum Gasteiger partial charge on any atom is 0.301 e. The molecule has 10 heteroatoms. The number of amides is 1. The summed E-state index contributed by atoms with van der Waals surface area (Å²) in [4.78, 5) is 28.3. The van der Waals surface area contributed by atoms with Crippen molar-refractivity contribution in [3.63, 3.8) is 0 Å². The third-order valence-corrected chi connectivity index (χ3v) is 8.60. The van der Waals surface area contributed by atoms with E-state index in [1.54, 1.807) is 42.5 Å². The summed E-state index contributed by atoms with van der Waals surface area (Å²) in [6.45, 7) is 6.11. The Bertz CT molecular complexity index is 1600. The van der Waals surface area contributed by atoms with Crippen molar-refractivity contribution in [1.82, 2.24) is 10.2 Å². The third kappa shape index (κ3) is 5.50.